The molecule has 8 nitrogen and oxygen atoms in total. The quantitative estimate of drug-likeness (QED) is 0.274. The van der Waals surface area contributed by atoms with Crippen molar-refractivity contribution >= 4 is 11.9 Å². The summed E-state index contributed by atoms with van der Waals surface area (Å²) in [5.74, 6) is -1.62. The van der Waals surface area contributed by atoms with Gasteiger partial charge in [0.15, 0.2) is 0 Å². The standard InChI is InChI=1S/C38H43F3N2O6/c1-48-29-12-7-24(8-13-29)33-19-42(28-10-14-30(49-2)15-11-28)21-35(33)36(45)43-18-26(22-44)34(20-43)31-16-9-27(38(39,40)41)17-32(31)23-3-5-25(6-4-23)37(46)47/h3-9,12-13,16-17,26,28,30,33-35,44H,10-11,14-15,18-22H2,1-2H3,(H,46,47)/t26-,28-,30-,33+,34+,35-/m1/s1. The number of alkyl halides is 3. The van der Waals surface area contributed by atoms with E-state index in [9.17, 15) is 33.0 Å². The third-order valence-corrected chi connectivity index (χ3v) is 10.9. The van der Waals surface area contributed by atoms with Gasteiger partial charge in [-0.2, -0.15) is 13.2 Å². The van der Waals surface area contributed by atoms with E-state index in [1.165, 1.54) is 30.3 Å². The highest BCUT2D eigenvalue weighted by molar-refractivity contribution is 5.88. The van der Waals surface area contributed by atoms with Crippen LogP contribution in [0.25, 0.3) is 11.1 Å². The lowest BCUT2D eigenvalue weighted by molar-refractivity contribution is -0.137. The number of hydrogen-bond donors (Lipinski definition) is 2. The van der Waals surface area contributed by atoms with Crippen molar-refractivity contribution in [2.75, 3.05) is 47.0 Å². The number of aromatic carboxylic acids is 1. The Morgan fingerprint density at radius 1 is 0.857 bits per heavy atom. The Morgan fingerprint density at radius 2 is 1.55 bits per heavy atom. The first-order chi connectivity index (χ1) is 23.5. The second-order valence-corrected chi connectivity index (χ2v) is 13.6. The van der Waals surface area contributed by atoms with Gasteiger partial charge in [-0.15, -0.1) is 0 Å². The molecule has 1 amide bonds. The van der Waals surface area contributed by atoms with Gasteiger partial charge in [0.05, 0.1) is 30.3 Å². The number of amides is 1. The topological polar surface area (TPSA) is 99.5 Å². The van der Waals surface area contributed by atoms with Gasteiger partial charge in [-0.05, 0) is 84.3 Å². The van der Waals surface area contributed by atoms with Crippen LogP contribution >= 0.6 is 0 Å². The van der Waals surface area contributed by atoms with Gasteiger partial charge < -0.3 is 24.6 Å². The van der Waals surface area contributed by atoms with Crippen LogP contribution in [0, 0.1) is 11.8 Å². The van der Waals surface area contributed by atoms with Gasteiger partial charge in [-0.1, -0.05) is 30.3 Å². The molecule has 2 saturated heterocycles. The molecule has 0 radical (unpaired) electrons. The molecular weight excluding hydrogens is 637 g/mol. The number of aliphatic hydroxyl groups excluding tert-OH is 1. The van der Waals surface area contributed by atoms with Crippen molar-refractivity contribution < 1.29 is 42.4 Å². The highest BCUT2D eigenvalue weighted by Crippen LogP contribution is 2.44. The molecule has 3 aromatic carbocycles. The molecule has 4 atom stereocenters. The third kappa shape index (κ3) is 7.34. The number of carboxylic acids is 1. The Bertz CT molecular complexity index is 1620. The van der Waals surface area contributed by atoms with Gasteiger partial charge in [0.2, 0.25) is 5.91 Å². The fourth-order valence-electron chi connectivity index (χ4n) is 8.14. The van der Waals surface area contributed by atoms with E-state index in [4.69, 9.17) is 9.47 Å². The zero-order valence-corrected chi connectivity index (χ0v) is 27.7. The number of aliphatic hydroxyl groups is 1. The van der Waals surface area contributed by atoms with Gasteiger partial charge in [0.25, 0.3) is 0 Å². The molecule has 2 N–H and O–H groups in total. The summed E-state index contributed by atoms with van der Waals surface area (Å²) in [6.07, 6.45) is -0.380. The lowest BCUT2D eigenvalue weighted by atomic mass is 9.83. The number of halogens is 3. The Morgan fingerprint density at radius 3 is 2.14 bits per heavy atom. The van der Waals surface area contributed by atoms with Crippen LogP contribution in [0.4, 0.5) is 13.2 Å². The van der Waals surface area contributed by atoms with Crippen LogP contribution in [-0.4, -0.2) is 91.0 Å². The average Bonchev–Trinajstić information content (AvgIpc) is 3.76. The smallest absolute Gasteiger partial charge is 0.416 e. The molecule has 2 heterocycles. The molecule has 49 heavy (non-hydrogen) atoms. The monoisotopic (exact) mass is 680 g/mol. The second kappa shape index (κ2) is 14.5. The number of carbonyl (C=O) groups excluding carboxylic acids is 1. The summed E-state index contributed by atoms with van der Waals surface area (Å²) in [5, 5.41) is 19.9. The SMILES string of the molecule is COc1ccc([C@@H]2CN([C@H]3CC[C@H](OC)CC3)C[C@H]2C(=O)N2C[C@H](CO)[C@@H](c3ccc(C(F)(F)F)cc3-c3ccc(C(=O)O)cc3)C2)cc1. The summed E-state index contributed by atoms with van der Waals surface area (Å²) in [5.41, 5.74) is 1.57. The van der Waals surface area contributed by atoms with E-state index >= 15 is 0 Å². The van der Waals surface area contributed by atoms with Crippen molar-refractivity contribution in [2.45, 2.75) is 55.8 Å². The van der Waals surface area contributed by atoms with Crippen LogP contribution in [0.2, 0.25) is 0 Å². The summed E-state index contributed by atoms with van der Waals surface area (Å²) in [7, 11) is 3.37. The highest BCUT2D eigenvalue weighted by atomic mass is 19.4. The number of likely N-dealkylation sites (tertiary alicyclic amines) is 2. The Kier molecular flexibility index (Phi) is 10.3. The number of rotatable bonds is 9. The summed E-state index contributed by atoms with van der Waals surface area (Å²) in [6, 6.07) is 17.5. The van der Waals surface area contributed by atoms with Crippen LogP contribution in [0.15, 0.2) is 66.7 Å². The second-order valence-electron chi connectivity index (χ2n) is 13.6. The summed E-state index contributed by atoms with van der Waals surface area (Å²) in [6.45, 7) is 1.63. The molecule has 0 unspecified atom stereocenters. The van der Waals surface area contributed by atoms with Crippen LogP contribution in [-0.2, 0) is 15.7 Å². The molecule has 0 aromatic heterocycles. The molecule has 6 rings (SSSR count). The summed E-state index contributed by atoms with van der Waals surface area (Å²) < 4.78 is 52.6. The number of methoxy groups -OCH3 is 2. The van der Waals surface area contributed by atoms with E-state index < -0.39 is 23.6 Å². The molecule has 3 aromatic rings. The van der Waals surface area contributed by atoms with E-state index in [0.29, 0.717) is 29.3 Å². The Balaban J connectivity index is 1.29. The predicted octanol–water partition coefficient (Wildman–Crippen LogP) is 6.29. The van der Waals surface area contributed by atoms with E-state index in [0.717, 1.165) is 55.7 Å². The van der Waals surface area contributed by atoms with Crippen LogP contribution in [0.5, 0.6) is 5.75 Å². The fraction of sp³-hybridized carbons (Fsp3) is 0.474. The van der Waals surface area contributed by atoms with Crippen molar-refractivity contribution in [1.82, 2.24) is 9.80 Å². The summed E-state index contributed by atoms with van der Waals surface area (Å²) >= 11 is 0. The van der Waals surface area contributed by atoms with Gasteiger partial charge in [0.1, 0.15) is 5.75 Å². The third-order valence-electron chi connectivity index (χ3n) is 10.9. The number of hydrogen-bond acceptors (Lipinski definition) is 6. The van der Waals surface area contributed by atoms with Crippen LogP contribution in [0.1, 0.15) is 64.6 Å². The minimum Gasteiger partial charge on any atom is -0.497 e. The minimum absolute atomic E-state index is 0.0193. The maximum absolute atomic E-state index is 14.5. The first-order valence-electron chi connectivity index (χ1n) is 16.9. The van der Waals surface area contributed by atoms with E-state index in [1.807, 2.05) is 24.3 Å². The first-order valence-corrected chi connectivity index (χ1v) is 16.9. The van der Waals surface area contributed by atoms with Gasteiger partial charge in [-0.3, -0.25) is 9.69 Å². The van der Waals surface area contributed by atoms with Gasteiger partial charge in [-0.25, -0.2) is 4.79 Å². The van der Waals surface area contributed by atoms with Crippen molar-refractivity contribution in [3.63, 3.8) is 0 Å². The van der Waals surface area contributed by atoms with Crippen molar-refractivity contribution in [3.05, 3.63) is 89.0 Å². The molecule has 1 aliphatic carbocycles. The molecule has 11 heteroatoms. The zero-order chi connectivity index (χ0) is 34.9. The molecule has 3 fully saturated rings. The van der Waals surface area contributed by atoms with Crippen LogP contribution in [0.3, 0.4) is 0 Å². The number of ether oxygens (including phenoxy) is 2. The minimum atomic E-state index is -4.59. The molecule has 3 aliphatic rings. The van der Waals surface area contributed by atoms with Crippen LogP contribution < -0.4 is 4.74 Å². The van der Waals surface area contributed by atoms with Crippen molar-refractivity contribution in [3.8, 4) is 16.9 Å². The average molecular weight is 681 g/mol. The lowest BCUT2D eigenvalue weighted by Gasteiger charge is -2.34. The molecule has 1 saturated carbocycles. The normalized spacial score (nSPS) is 26.2. The summed E-state index contributed by atoms with van der Waals surface area (Å²) in [4.78, 5) is 30.2. The maximum Gasteiger partial charge on any atom is 0.416 e. The molecule has 262 valence electrons. The highest BCUT2D eigenvalue weighted by Gasteiger charge is 2.46. The van der Waals surface area contributed by atoms with E-state index in [-0.39, 0.29) is 55.0 Å². The molecule has 0 spiro atoms. The maximum atomic E-state index is 14.5. The van der Waals surface area contributed by atoms with Crippen molar-refractivity contribution in [1.29, 1.82) is 0 Å². The molecule has 0 bridgehead atoms. The van der Waals surface area contributed by atoms with Gasteiger partial charge >= 0.3 is 12.1 Å². The Labute approximate surface area is 284 Å². The first kappa shape index (κ1) is 34.9. The molecule has 2 aliphatic heterocycles. The van der Waals surface area contributed by atoms with E-state index in [1.54, 1.807) is 19.1 Å². The molecular formula is C38H43F3N2O6. The van der Waals surface area contributed by atoms with E-state index in [2.05, 4.69) is 4.90 Å². The fourth-order valence-corrected chi connectivity index (χ4v) is 8.14. The zero-order valence-electron chi connectivity index (χ0n) is 27.7. The number of carbonyl (C=O) groups is 2. The van der Waals surface area contributed by atoms with Gasteiger partial charge in [0, 0.05) is 63.7 Å². The van der Waals surface area contributed by atoms with Crippen molar-refractivity contribution in [2.24, 2.45) is 11.8 Å². The largest absolute Gasteiger partial charge is 0.497 e. The number of nitrogens with zero attached hydrogens (tertiary/aromatic N) is 2. The lowest BCUT2D eigenvalue weighted by Crippen LogP contribution is -2.40. The number of carboxylic acid groups (broad SMARTS) is 1. The predicted molar refractivity (Wildman–Crippen MR) is 178 cm³/mol. The Hall–Kier alpha value is -3.93. The number of benzene rings is 3.